The van der Waals surface area contributed by atoms with Crippen LogP contribution in [0.15, 0.2) is 24.3 Å². The van der Waals surface area contributed by atoms with Crippen LogP contribution in [-0.4, -0.2) is 35.1 Å². The molecule has 1 aliphatic rings. The Morgan fingerprint density at radius 2 is 2.10 bits per heavy atom. The molecule has 1 fully saturated rings. The second kappa shape index (κ2) is 6.89. The minimum atomic E-state index is -0.683. The first kappa shape index (κ1) is 15.0. The Balaban J connectivity index is 1.86. The molecule has 3 nitrogen and oxygen atoms in total. The summed E-state index contributed by atoms with van der Waals surface area (Å²) < 4.78 is 0. The molecule has 0 saturated carbocycles. The summed E-state index contributed by atoms with van der Waals surface area (Å²) >= 11 is 0. The number of carboxylic acids is 1. The summed E-state index contributed by atoms with van der Waals surface area (Å²) in [6.45, 7) is 6.61. The first-order valence-corrected chi connectivity index (χ1v) is 7.59. The summed E-state index contributed by atoms with van der Waals surface area (Å²) in [5, 5.41) is 8.67. The van der Waals surface area contributed by atoms with Crippen molar-refractivity contribution in [2.45, 2.75) is 51.5 Å². The lowest BCUT2D eigenvalue weighted by Gasteiger charge is -2.20. The molecule has 0 amide bonds. The number of hydrogen-bond acceptors (Lipinski definition) is 2. The summed E-state index contributed by atoms with van der Waals surface area (Å²) in [5.74, 6) is -0.0528. The van der Waals surface area contributed by atoms with Gasteiger partial charge in [-0.1, -0.05) is 24.3 Å². The van der Waals surface area contributed by atoms with Crippen LogP contribution in [0, 0.1) is 6.92 Å². The van der Waals surface area contributed by atoms with E-state index in [9.17, 15) is 4.79 Å². The first-order chi connectivity index (χ1) is 9.58. The van der Waals surface area contributed by atoms with Gasteiger partial charge in [0.05, 0.1) is 0 Å². The van der Waals surface area contributed by atoms with E-state index in [1.807, 2.05) is 0 Å². The molecule has 0 spiro atoms. The zero-order chi connectivity index (χ0) is 14.5. The quantitative estimate of drug-likeness (QED) is 0.809. The summed E-state index contributed by atoms with van der Waals surface area (Å²) in [6.07, 6.45) is 3.28. The number of aliphatic carboxylic acids is 1. The Bertz CT molecular complexity index is 458. The zero-order valence-corrected chi connectivity index (χ0v) is 12.5. The molecule has 0 radical (unpaired) electrons. The minimum Gasteiger partial charge on any atom is -0.481 e. The van der Waals surface area contributed by atoms with Crippen molar-refractivity contribution in [2.75, 3.05) is 13.1 Å². The number of carbonyl (C=O) groups is 1. The van der Waals surface area contributed by atoms with Crippen LogP contribution >= 0.6 is 0 Å². The second-order valence-corrected chi connectivity index (χ2v) is 5.98. The maximum absolute atomic E-state index is 10.5. The number of unbranched alkanes of at least 4 members (excludes halogenated alkanes) is 1. The van der Waals surface area contributed by atoms with Crippen molar-refractivity contribution in [3.63, 3.8) is 0 Å². The van der Waals surface area contributed by atoms with Gasteiger partial charge in [0.25, 0.3) is 0 Å². The highest BCUT2D eigenvalue weighted by Gasteiger charge is 2.29. The normalized spacial score (nSPS) is 23.1. The molecule has 0 aliphatic carbocycles. The number of rotatable bonds is 6. The van der Waals surface area contributed by atoms with Gasteiger partial charge in [-0.25, -0.2) is 0 Å². The van der Waals surface area contributed by atoms with E-state index >= 15 is 0 Å². The van der Waals surface area contributed by atoms with Gasteiger partial charge in [0.15, 0.2) is 0 Å². The third-order valence-electron chi connectivity index (χ3n) is 4.42. The lowest BCUT2D eigenvalue weighted by Crippen LogP contribution is -2.28. The number of nitrogens with zero attached hydrogens (tertiary/aromatic N) is 1. The molecule has 0 bridgehead atoms. The average Bonchev–Trinajstić information content (AvgIpc) is 2.76. The molecule has 1 aromatic carbocycles. The van der Waals surface area contributed by atoms with Crippen LogP contribution in [0.1, 0.15) is 49.7 Å². The van der Waals surface area contributed by atoms with Crippen LogP contribution in [0.25, 0.3) is 0 Å². The van der Waals surface area contributed by atoms with Gasteiger partial charge in [0.2, 0.25) is 0 Å². The van der Waals surface area contributed by atoms with E-state index in [4.69, 9.17) is 5.11 Å². The van der Waals surface area contributed by atoms with Crippen molar-refractivity contribution in [3.05, 3.63) is 35.4 Å². The molecule has 1 aliphatic heterocycles. The fourth-order valence-electron chi connectivity index (χ4n) is 3.27. The summed E-state index contributed by atoms with van der Waals surface area (Å²) in [6, 6.07) is 9.27. The maximum Gasteiger partial charge on any atom is 0.303 e. The number of aryl methyl sites for hydroxylation is 1. The number of benzene rings is 1. The van der Waals surface area contributed by atoms with Crippen LogP contribution in [0.5, 0.6) is 0 Å². The fourth-order valence-corrected chi connectivity index (χ4v) is 3.27. The molecule has 1 saturated heterocycles. The van der Waals surface area contributed by atoms with Gasteiger partial charge in [0, 0.05) is 19.0 Å². The van der Waals surface area contributed by atoms with Crippen molar-refractivity contribution in [2.24, 2.45) is 0 Å². The molecule has 1 heterocycles. The Labute approximate surface area is 121 Å². The van der Waals surface area contributed by atoms with Gasteiger partial charge in [0.1, 0.15) is 0 Å². The van der Waals surface area contributed by atoms with Crippen LogP contribution in [0.3, 0.4) is 0 Å². The highest BCUT2D eigenvalue weighted by Crippen LogP contribution is 2.33. The maximum atomic E-state index is 10.5. The molecule has 3 heteroatoms. The smallest absolute Gasteiger partial charge is 0.303 e. The fraction of sp³-hybridized carbons (Fsp3) is 0.588. The van der Waals surface area contributed by atoms with E-state index in [2.05, 4.69) is 43.0 Å². The summed E-state index contributed by atoms with van der Waals surface area (Å²) in [4.78, 5) is 13.0. The second-order valence-electron chi connectivity index (χ2n) is 5.98. The number of carboxylic acid groups (broad SMARTS) is 1. The molecule has 1 aromatic rings. The largest absolute Gasteiger partial charge is 0.481 e. The van der Waals surface area contributed by atoms with Crippen molar-refractivity contribution in [1.82, 2.24) is 4.90 Å². The number of likely N-dealkylation sites (tertiary alicyclic amines) is 1. The molecule has 20 heavy (non-hydrogen) atoms. The third-order valence-corrected chi connectivity index (χ3v) is 4.42. The molecule has 2 rings (SSSR count). The standard InChI is InChI=1S/C17H25NO2/c1-13-7-3-4-8-16(13)15-11-14(2)18(12-15)10-6-5-9-17(19)20/h3-4,7-8,14-15H,5-6,9-12H2,1-2H3,(H,19,20). The van der Waals surface area contributed by atoms with Crippen LogP contribution in [-0.2, 0) is 4.79 Å². The van der Waals surface area contributed by atoms with E-state index < -0.39 is 5.97 Å². The lowest BCUT2D eigenvalue weighted by molar-refractivity contribution is -0.137. The molecule has 0 aromatic heterocycles. The molecule has 110 valence electrons. The lowest BCUT2D eigenvalue weighted by atomic mass is 9.93. The topological polar surface area (TPSA) is 40.5 Å². The van der Waals surface area contributed by atoms with Crippen molar-refractivity contribution in [1.29, 1.82) is 0 Å². The van der Waals surface area contributed by atoms with Crippen LogP contribution in [0.4, 0.5) is 0 Å². The summed E-state index contributed by atoms with van der Waals surface area (Å²) in [5.41, 5.74) is 2.87. The Kier molecular flexibility index (Phi) is 5.18. The third kappa shape index (κ3) is 3.83. The van der Waals surface area contributed by atoms with Crippen molar-refractivity contribution in [3.8, 4) is 0 Å². The summed E-state index contributed by atoms with van der Waals surface area (Å²) in [7, 11) is 0. The van der Waals surface area contributed by atoms with Crippen LogP contribution < -0.4 is 0 Å². The molecular weight excluding hydrogens is 250 g/mol. The highest BCUT2D eigenvalue weighted by molar-refractivity contribution is 5.66. The number of hydrogen-bond donors (Lipinski definition) is 1. The predicted octanol–water partition coefficient (Wildman–Crippen LogP) is 3.43. The molecule has 2 unspecified atom stereocenters. The van der Waals surface area contributed by atoms with Crippen LogP contribution in [0.2, 0.25) is 0 Å². The van der Waals surface area contributed by atoms with Gasteiger partial charge in [-0.2, -0.15) is 0 Å². The van der Waals surface area contributed by atoms with Gasteiger partial charge < -0.3 is 10.0 Å². The Morgan fingerprint density at radius 1 is 1.35 bits per heavy atom. The predicted molar refractivity (Wildman–Crippen MR) is 81.1 cm³/mol. The van der Waals surface area contributed by atoms with Gasteiger partial charge >= 0.3 is 5.97 Å². The Morgan fingerprint density at radius 3 is 2.80 bits per heavy atom. The molecular formula is C17H25NO2. The monoisotopic (exact) mass is 275 g/mol. The molecule has 1 N–H and O–H groups in total. The SMILES string of the molecule is Cc1ccccc1C1CC(C)N(CCCCC(=O)O)C1. The average molecular weight is 275 g/mol. The van der Waals surface area contributed by atoms with Crippen molar-refractivity contribution < 1.29 is 9.90 Å². The van der Waals surface area contributed by atoms with Gasteiger partial charge in [-0.05, 0) is 56.7 Å². The van der Waals surface area contributed by atoms with E-state index in [1.165, 1.54) is 17.5 Å². The van der Waals surface area contributed by atoms with Gasteiger partial charge in [-0.15, -0.1) is 0 Å². The van der Waals surface area contributed by atoms with E-state index in [0.29, 0.717) is 18.4 Å². The minimum absolute atomic E-state index is 0.295. The van der Waals surface area contributed by atoms with Gasteiger partial charge in [-0.3, -0.25) is 4.79 Å². The van der Waals surface area contributed by atoms with Crippen molar-refractivity contribution >= 4 is 5.97 Å². The van der Waals surface area contributed by atoms with E-state index in [-0.39, 0.29) is 0 Å². The van der Waals surface area contributed by atoms with E-state index in [1.54, 1.807) is 0 Å². The first-order valence-electron chi connectivity index (χ1n) is 7.59. The molecule has 2 atom stereocenters. The highest BCUT2D eigenvalue weighted by atomic mass is 16.4. The Hall–Kier alpha value is -1.35. The zero-order valence-electron chi connectivity index (χ0n) is 12.5. The van der Waals surface area contributed by atoms with E-state index in [0.717, 1.165) is 25.9 Å².